The van der Waals surface area contributed by atoms with E-state index in [1.807, 2.05) is 0 Å². The number of halogens is 4. The van der Waals surface area contributed by atoms with Gasteiger partial charge in [0.1, 0.15) is 5.75 Å². The van der Waals surface area contributed by atoms with E-state index in [0.29, 0.717) is 0 Å². The predicted octanol–water partition coefficient (Wildman–Crippen LogP) is 3.57. The van der Waals surface area contributed by atoms with Crippen LogP contribution in [0.15, 0.2) is 36.5 Å². The van der Waals surface area contributed by atoms with E-state index in [2.05, 4.69) is 14.5 Å². The molecule has 0 atom stereocenters. The van der Waals surface area contributed by atoms with Crippen LogP contribution in [0, 0.1) is 5.95 Å². The van der Waals surface area contributed by atoms with Gasteiger partial charge in [0.25, 0.3) is 0 Å². The van der Waals surface area contributed by atoms with Crippen molar-refractivity contribution in [3.8, 4) is 16.9 Å². The summed E-state index contributed by atoms with van der Waals surface area (Å²) in [5.41, 5.74) is -0.0760. The molecular weight excluding hydrogens is 306 g/mol. The smallest absolute Gasteiger partial charge is 0.465 e. The van der Waals surface area contributed by atoms with Gasteiger partial charge in [-0.2, -0.15) is 4.39 Å². The Morgan fingerprint density at radius 1 is 1.14 bits per heavy atom. The van der Waals surface area contributed by atoms with Crippen LogP contribution in [0.4, 0.5) is 17.6 Å². The zero-order valence-corrected chi connectivity index (χ0v) is 11.1. The van der Waals surface area contributed by atoms with E-state index in [1.54, 1.807) is 0 Å². The molecule has 1 aromatic heterocycles. The normalized spacial score (nSPS) is 11.1. The van der Waals surface area contributed by atoms with Gasteiger partial charge in [-0.3, -0.25) is 0 Å². The van der Waals surface area contributed by atoms with Crippen LogP contribution in [0.2, 0.25) is 0 Å². The third-order valence-corrected chi connectivity index (χ3v) is 2.69. The Hall–Kier alpha value is -2.64. The number of esters is 1. The van der Waals surface area contributed by atoms with Gasteiger partial charge in [-0.1, -0.05) is 12.1 Å². The molecule has 22 heavy (non-hydrogen) atoms. The summed E-state index contributed by atoms with van der Waals surface area (Å²) in [6.07, 6.45) is -3.73. The number of hydrogen-bond donors (Lipinski definition) is 0. The Kier molecular flexibility index (Phi) is 4.30. The predicted molar refractivity (Wildman–Crippen MR) is 67.7 cm³/mol. The maximum atomic E-state index is 13.9. The number of benzene rings is 1. The molecule has 1 aromatic carbocycles. The van der Waals surface area contributed by atoms with E-state index in [9.17, 15) is 22.4 Å². The number of aromatic nitrogens is 1. The summed E-state index contributed by atoms with van der Waals surface area (Å²) >= 11 is 0. The van der Waals surface area contributed by atoms with E-state index in [1.165, 1.54) is 18.2 Å². The summed E-state index contributed by atoms with van der Waals surface area (Å²) in [6.45, 7) is 0. The van der Waals surface area contributed by atoms with Crippen LogP contribution in [0.25, 0.3) is 11.1 Å². The number of pyridine rings is 1. The lowest BCUT2D eigenvalue weighted by Crippen LogP contribution is -2.17. The van der Waals surface area contributed by atoms with Gasteiger partial charge < -0.3 is 9.47 Å². The lowest BCUT2D eigenvalue weighted by molar-refractivity contribution is -0.274. The molecule has 0 radical (unpaired) electrons. The molecule has 0 unspecified atom stereocenters. The third-order valence-electron chi connectivity index (χ3n) is 2.69. The number of carbonyl (C=O) groups excluding carboxylic acids is 1. The van der Waals surface area contributed by atoms with Crippen LogP contribution in [-0.4, -0.2) is 24.4 Å². The molecule has 0 aliphatic carbocycles. The molecule has 0 bridgehead atoms. The topological polar surface area (TPSA) is 48.4 Å². The second-order valence-electron chi connectivity index (χ2n) is 4.09. The molecule has 0 saturated heterocycles. The lowest BCUT2D eigenvalue weighted by atomic mass is 10.0. The molecule has 0 aliphatic rings. The summed E-state index contributed by atoms with van der Waals surface area (Å²) in [5.74, 6) is -2.18. The van der Waals surface area contributed by atoms with Gasteiger partial charge in [0.15, 0.2) is 0 Å². The molecule has 116 valence electrons. The highest BCUT2D eigenvalue weighted by Crippen LogP contribution is 2.29. The van der Waals surface area contributed by atoms with Crippen molar-refractivity contribution in [2.75, 3.05) is 7.11 Å². The van der Waals surface area contributed by atoms with E-state index in [4.69, 9.17) is 0 Å². The molecule has 0 N–H and O–H groups in total. The van der Waals surface area contributed by atoms with Gasteiger partial charge in [0.2, 0.25) is 5.95 Å². The second-order valence-corrected chi connectivity index (χ2v) is 4.09. The Labute approximate surface area is 122 Å². The number of nitrogens with zero attached hydrogens (tertiary/aromatic N) is 1. The maximum Gasteiger partial charge on any atom is 0.573 e. The number of alkyl halides is 3. The van der Waals surface area contributed by atoms with E-state index in [0.717, 1.165) is 25.4 Å². The Balaban J connectivity index is 2.42. The first-order valence-corrected chi connectivity index (χ1v) is 5.91. The lowest BCUT2D eigenvalue weighted by Gasteiger charge is -2.11. The average Bonchev–Trinajstić information content (AvgIpc) is 2.45. The van der Waals surface area contributed by atoms with Crippen molar-refractivity contribution in [1.29, 1.82) is 0 Å². The molecule has 2 rings (SSSR count). The highest BCUT2D eigenvalue weighted by atomic mass is 19.4. The number of carbonyl (C=O) groups is 1. The van der Waals surface area contributed by atoms with E-state index in [-0.39, 0.29) is 16.7 Å². The number of rotatable bonds is 3. The Morgan fingerprint density at radius 3 is 2.32 bits per heavy atom. The molecule has 0 fully saturated rings. The molecule has 0 saturated carbocycles. The van der Waals surface area contributed by atoms with Gasteiger partial charge in [-0.25, -0.2) is 9.78 Å². The van der Waals surface area contributed by atoms with Crippen LogP contribution in [0.3, 0.4) is 0 Å². The van der Waals surface area contributed by atoms with Crippen LogP contribution in [0.1, 0.15) is 10.4 Å². The number of methoxy groups -OCH3 is 1. The van der Waals surface area contributed by atoms with Crippen molar-refractivity contribution in [3.63, 3.8) is 0 Å². The maximum absolute atomic E-state index is 13.9. The third kappa shape index (κ3) is 3.51. The standard InChI is InChI=1S/C14H9F4NO3/c1-21-13(20)10-6-7-19-12(15)11(10)8-2-4-9(5-3-8)22-14(16,17)18/h2-7H,1H3. The summed E-state index contributed by atoms with van der Waals surface area (Å²) in [7, 11) is 1.13. The fourth-order valence-corrected chi connectivity index (χ4v) is 1.81. The van der Waals surface area contributed by atoms with Crippen LogP contribution < -0.4 is 4.74 Å². The SMILES string of the molecule is COC(=O)c1ccnc(F)c1-c1ccc(OC(F)(F)F)cc1. The van der Waals surface area contributed by atoms with Crippen LogP contribution in [0.5, 0.6) is 5.75 Å². The van der Waals surface area contributed by atoms with Gasteiger partial charge in [0, 0.05) is 6.20 Å². The first-order valence-electron chi connectivity index (χ1n) is 5.91. The Bertz CT molecular complexity index is 683. The molecule has 1 heterocycles. The minimum atomic E-state index is -4.82. The van der Waals surface area contributed by atoms with Crippen molar-refractivity contribution >= 4 is 5.97 Å². The monoisotopic (exact) mass is 315 g/mol. The summed E-state index contributed by atoms with van der Waals surface area (Å²) in [4.78, 5) is 15.1. The van der Waals surface area contributed by atoms with Crippen LogP contribution in [-0.2, 0) is 4.74 Å². The van der Waals surface area contributed by atoms with Gasteiger partial charge in [-0.05, 0) is 23.8 Å². The highest BCUT2D eigenvalue weighted by Gasteiger charge is 2.31. The largest absolute Gasteiger partial charge is 0.573 e. The summed E-state index contributed by atoms with van der Waals surface area (Å²) < 4.78 is 58.4. The first kappa shape index (κ1) is 15.7. The minimum Gasteiger partial charge on any atom is -0.465 e. The van der Waals surface area contributed by atoms with Crippen molar-refractivity contribution in [2.45, 2.75) is 6.36 Å². The zero-order chi connectivity index (χ0) is 16.3. The molecule has 0 spiro atoms. The molecule has 8 heteroatoms. The number of ether oxygens (including phenoxy) is 2. The summed E-state index contributed by atoms with van der Waals surface area (Å²) in [6, 6.07) is 5.65. The zero-order valence-electron chi connectivity index (χ0n) is 11.1. The van der Waals surface area contributed by atoms with E-state index < -0.39 is 24.0 Å². The fourth-order valence-electron chi connectivity index (χ4n) is 1.81. The van der Waals surface area contributed by atoms with Crippen molar-refractivity contribution in [3.05, 3.63) is 48.0 Å². The van der Waals surface area contributed by atoms with E-state index >= 15 is 0 Å². The van der Waals surface area contributed by atoms with Crippen molar-refractivity contribution in [1.82, 2.24) is 4.98 Å². The second kappa shape index (κ2) is 6.00. The molecule has 2 aromatic rings. The molecule has 0 aliphatic heterocycles. The fraction of sp³-hybridized carbons (Fsp3) is 0.143. The summed E-state index contributed by atoms with van der Waals surface area (Å²) in [5, 5.41) is 0. The molecule has 4 nitrogen and oxygen atoms in total. The van der Waals surface area contributed by atoms with Crippen molar-refractivity contribution < 1.29 is 31.8 Å². The van der Waals surface area contributed by atoms with Crippen LogP contribution >= 0.6 is 0 Å². The van der Waals surface area contributed by atoms with Crippen molar-refractivity contribution in [2.24, 2.45) is 0 Å². The minimum absolute atomic E-state index is 0.0838. The van der Waals surface area contributed by atoms with Gasteiger partial charge in [0.05, 0.1) is 18.2 Å². The quantitative estimate of drug-likeness (QED) is 0.493. The van der Waals surface area contributed by atoms with Gasteiger partial charge in [-0.15, -0.1) is 13.2 Å². The highest BCUT2D eigenvalue weighted by molar-refractivity contribution is 5.97. The Morgan fingerprint density at radius 2 is 1.77 bits per heavy atom. The number of hydrogen-bond acceptors (Lipinski definition) is 4. The average molecular weight is 315 g/mol. The molecule has 0 amide bonds. The van der Waals surface area contributed by atoms with Gasteiger partial charge >= 0.3 is 12.3 Å². The first-order chi connectivity index (χ1) is 10.3. The molecular formula is C14H9F4NO3.